The zero-order valence-electron chi connectivity index (χ0n) is 15.3. The molecule has 6 nitrogen and oxygen atoms in total. The average molecular weight is 351 g/mol. The van der Waals surface area contributed by atoms with Crippen molar-refractivity contribution in [2.45, 2.75) is 37.8 Å². The van der Waals surface area contributed by atoms with Gasteiger partial charge >= 0.3 is 0 Å². The van der Waals surface area contributed by atoms with E-state index >= 15 is 0 Å². The number of nitrogens with zero attached hydrogens (tertiary/aromatic N) is 4. The predicted molar refractivity (Wildman–Crippen MR) is 105 cm³/mol. The molecule has 0 spiro atoms. The Morgan fingerprint density at radius 3 is 2.50 bits per heavy atom. The maximum atomic E-state index is 9.66. The number of fused-ring (bicyclic) bond motifs is 1. The van der Waals surface area contributed by atoms with E-state index in [1.807, 2.05) is 37.1 Å². The highest BCUT2D eigenvalue weighted by atomic mass is 16.3. The van der Waals surface area contributed by atoms with E-state index in [0.717, 1.165) is 48.3 Å². The average Bonchev–Trinajstić information content (AvgIpc) is 3.07. The Morgan fingerprint density at radius 2 is 1.81 bits per heavy atom. The minimum Gasteiger partial charge on any atom is -0.393 e. The van der Waals surface area contributed by atoms with Gasteiger partial charge in [-0.05, 0) is 49.4 Å². The summed E-state index contributed by atoms with van der Waals surface area (Å²) in [5, 5.41) is 17.6. The highest BCUT2D eigenvalue weighted by Crippen LogP contribution is 2.27. The molecular formula is C20H25N5O. The Labute approximate surface area is 153 Å². The van der Waals surface area contributed by atoms with Gasteiger partial charge in [0.25, 0.3) is 0 Å². The normalized spacial score (nSPS) is 20.3. The molecule has 1 saturated carbocycles. The number of aliphatic hydroxyl groups is 1. The van der Waals surface area contributed by atoms with E-state index in [-0.39, 0.29) is 6.10 Å². The molecule has 0 bridgehead atoms. The first-order valence-electron chi connectivity index (χ1n) is 9.17. The quantitative estimate of drug-likeness (QED) is 0.756. The zero-order valence-corrected chi connectivity index (χ0v) is 15.3. The summed E-state index contributed by atoms with van der Waals surface area (Å²) in [6.07, 6.45) is 7.34. The van der Waals surface area contributed by atoms with Crippen molar-refractivity contribution in [2.24, 2.45) is 0 Å². The van der Waals surface area contributed by atoms with E-state index in [1.54, 1.807) is 0 Å². The topological polar surface area (TPSA) is 65.7 Å². The standard InChI is InChI=1S/C20H25N5O/c1-24(2)16-7-3-14(4-8-16)18-13-21-25-12-11-19(23-20(18)25)22-15-5-9-17(26)10-6-15/h3-4,7-8,11-13,15,17,26H,5-6,9-10H2,1-2H3,(H,22,23). The lowest BCUT2D eigenvalue weighted by atomic mass is 9.93. The molecule has 1 fully saturated rings. The lowest BCUT2D eigenvalue weighted by molar-refractivity contribution is 0.126. The number of rotatable bonds is 4. The molecule has 1 aromatic carbocycles. The van der Waals surface area contributed by atoms with Crippen LogP contribution in [0, 0.1) is 0 Å². The summed E-state index contributed by atoms with van der Waals surface area (Å²) >= 11 is 0. The second-order valence-electron chi connectivity index (χ2n) is 7.23. The van der Waals surface area contributed by atoms with Crippen molar-refractivity contribution in [1.82, 2.24) is 14.6 Å². The van der Waals surface area contributed by atoms with Crippen molar-refractivity contribution in [3.63, 3.8) is 0 Å². The SMILES string of the molecule is CN(C)c1ccc(-c2cnn3ccc(NC4CCC(O)CC4)nc23)cc1. The third-order valence-corrected chi connectivity index (χ3v) is 5.11. The van der Waals surface area contributed by atoms with Gasteiger partial charge in [0.05, 0.1) is 12.3 Å². The van der Waals surface area contributed by atoms with Gasteiger partial charge in [0.15, 0.2) is 5.65 Å². The molecule has 2 N–H and O–H groups in total. The lowest BCUT2D eigenvalue weighted by Crippen LogP contribution is -2.28. The van der Waals surface area contributed by atoms with Gasteiger partial charge < -0.3 is 15.3 Å². The van der Waals surface area contributed by atoms with E-state index in [0.29, 0.717) is 6.04 Å². The second-order valence-corrected chi connectivity index (χ2v) is 7.23. The van der Waals surface area contributed by atoms with Crippen LogP contribution in [0.15, 0.2) is 42.7 Å². The largest absolute Gasteiger partial charge is 0.393 e. The summed E-state index contributed by atoms with van der Waals surface area (Å²) < 4.78 is 1.81. The van der Waals surface area contributed by atoms with Gasteiger partial charge in [0.1, 0.15) is 5.82 Å². The number of hydrogen-bond donors (Lipinski definition) is 2. The van der Waals surface area contributed by atoms with Crippen LogP contribution in [0.5, 0.6) is 0 Å². The van der Waals surface area contributed by atoms with E-state index < -0.39 is 0 Å². The smallest absolute Gasteiger partial charge is 0.165 e. The van der Waals surface area contributed by atoms with Gasteiger partial charge in [-0.15, -0.1) is 0 Å². The fourth-order valence-corrected chi connectivity index (χ4v) is 3.52. The minimum absolute atomic E-state index is 0.143. The van der Waals surface area contributed by atoms with Gasteiger partial charge in [0.2, 0.25) is 0 Å². The second kappa shape index (κ2) is 6.96. The van der Waals surface area contributed by atoms with Crippen molar-refractivity contribution in [2.75, 3.05) is 24.3 Å². The zero-order chi connectivity index (χ0) is 18.1. The third-order valence-electron chi connectivity index (χ3n) is 5.11. The predicted octanol–water partition coefficient (Wildman–Crippen LogP) is 3.18. The Hall–Kier alpha value is -2.60. The number of nitrogens with one attached hydrogen (secondary N) is 1. The number of benzene rings is 1. The van der Waals surface area contributed by atoms with Gasteiger partial charge in [-0.2, -0.15) is 5.10 Å². The molecule has 136 valence electrons. The lowest BCUT2D eigenvalue weighted by Gasteiger charge is -2.26. The molecule has 6 heteroatoms. The van der Waals surface area contributed by atoms with Crippen LogP contribution in [0.25, 0.3) is 16.8 Å². The molecule has 26 heavy (non-hydrogen) atoms. The van der Waals surface area contributed by atoms with Crippen molar-refractivity contribution >= 4 is 17.2 Å². The van der Waals surface area contributed by atoms with Crippen molar-refractivity contribution in [3.05, 3.63) is 42.7 Å². The molecular weight excluding hydrogens is 326 g/mol. The molecule has 0 unspecified atom stereocenters. The fourth-order valence-electron chi connectivity index (χ4n) is 3.52. The Bertz CT molecular complexity index is 879. The van der Waals surface area contributed by atoms with Gasteiger partial charge in [0, 0.05) is 37.6 Å². The summed E-state index contributed by atoms with van der Waals surface area (Å²) in [6.45, 7) is 0. The van der Waals surface area contributed by atoms with Gasteiger partial charge in [-0.25, -0.2) is 9.50 Å². The molecule has 4 rings (SSSR count). The van der Waals surface area contributed by atoms with Crippen molar-refractivity contribution < 1.29 is 5.11 Å². The monoisotopic (exact) mass is 351 g/mol. The molecule has 0 aliphatic heterocycles. The Morgan fingerprint density at radius 1 is 1.08 bits per heavy atom. The molecule has 1 aliphatic carbocycles. The Kier molecular flexibility index (Phi) is 4.51. The van der Waals surface area contributed by atoms with Crippen LogP contribution in [0.4, 0.5) is 11.5 Å². The number of aromatic nitrogens is 3. The third kappa shape index (κ3) is 3.37. The van der Waals surface area contributed by atoms with Crippen LogP contribution in [-0.2, 0) is 0 Å². The molecule has 1 aliphatic rings. The molecule has 3 aromatic rings. The summed E-state index contributed by atoms with van der Waals surface area (Å²) in [5.74, 6) is 0.866. The summed E-state index contributed by atoms with van der Waals surface area (Å²) in [4.78, 5) is 6.88. The molecule has 0 radical (unpaired) electrons. The van der Waals surface area contributed by atoms with Crippen LogP contribution in [0.1, 0.15) is 25.7 Å². The highest BCUT2D eigenvalue weighted by molar-refractivity contribution is 5.78. The number of hydrogen-bond acceptors (Lipinski definition) is 5. The van der Waals surface area contributed by atoms with Crippen LogP contribution < -0.4 is 10.2 Å². The first kappa shape index (κ1) is 16.8. The van der Waals surface area contributed by atoms with Gasteiger partial charge in [-0.3, -0.25) is 0 Å². The maximum Gasteiger partial charge on any atom is 0.165 e. The first-order chi connectivity index (χ1) is 12.6. The Balaban J connectivity index is 1.60. The molecule has 0 saturated heterocycles. The van der Waals surface area contributed by atoms with Crippen LogP contribution in [0.3, 0.4) is 0 Å². The summed E-state index contributed by atoms with van der Waals surface area (Å²) in [5.41, 5.74) is 4.15. The number of anilines is 2. The van der Waals surface area contributed by atoms with Gasteiger partial charge in [-0.1, -0.05) is 12.1 Å². The van der Waals surface area contributed by atoms with Crippen LogP contribution >= 0.6 is 0 Å². The minimum atomic E-state index is -0.143. The van der Waals surface area contributed by atoms with E-state index in [1.165, 1.54) is 5.69 Å². The number of aliphatic hydroxyl groups excluding tert-OH is 1. The molecule has 0 atom stereocenters. The van der Waals surface area contributed by atoms with Crippen molar-refractivity contribution in [1.29, 1.82) is 0 Å². The first-order valence-corrected chi connectivity index (χ1v) is 9.17. The molecule has 2 aromatic heterocycles. The fraction of sp³-hybridized carbons (Fsp3) is 0.400. The maximum absolute atomic E-state index is 9.66. The van der Waals surface area contributed by atoms with Crippen LogP contribution in [-0.4, -0.2) is 45.9 Å². The molecule has 0 amide bonds. The van der Waals surface area contributed by atoms with E-state index in [4.69, 9.17) is 4.98 Å². The highest BCUT2D eigenvalue weighted by Gasteiger charge is 2.19. The summed E-state index contributed by atoms with van der Waals surface area (Å²) in [6, 6.07) is 10.8. The van der Waals surface area contributed by atoms with Crippen LogP contribution in [0.2, 0.25) is 0 Å². The van der Waals surface area contributed by atoms with Crippen molar-refractivity contribution in [3.8, 4) is 11.1 Å². The van der Waals surface area contributed by atoms with E-state index in [2.05, 4.69) is 39.6 Å². The summed E-state index contributed by atoms with van der Waals surface area (Å²) in [7, 11) is 4.07. The van der Waals surface area contributed by atoms with E-state index in [9.17, 15) is 5.11 Å². The molecule has 2 heterocycles.